The van der Waals surface area contributed by atoms with Crippen molar-refractivity contribution in [3.05, 3.63) is 23.0 Å². The maximum absolute atomic E-state index is 5.79. The zero-order valence-corrected chi connectivity index (χ0v) is 11.2. The molecular weight excluding hydrogens is 230 g/mol. The van der Waals surface area contributed by atoms with Gasteiger partial charge in [-0.1, -0.05) is 25.1 Å². The van der Waals surface area contributed by atoms with E-state index in [-0.39, 0.29) is 0 Å². The van der Waals surface area contributed by atoms with Crippen LogP contribution in [0.25, 0.3) is 0 Å². The largest absolute Gasteiger partial charge is 0.389 e. The zero-order chi connectivity index (χ0) is 12.4. The standard InChI is InChI=1S/C13H19N3S/c1-8-7-11(16-10-5-3-4-6-10)12(13(14)17)9(2)15-8/h7,10H,3-6H2,1-2H3,(H2,14,17)(H,15,16). The van der Waals surface area contributed by atoms with Crippen molar-refractivity contribution in [2.24, 2.45) is 5.73 Å². The van der Waals surface area contributed by atoms with Crippen molar-refractivity contribution in [1.82, 2.24) is 4.98 Å². The molecule has 1 heterocycles. The number of nitrogens with zero attached hydrogens (tertiary/aromatic N) is 1. The SMILES string of the molecule is Cc1cc(NC2CCCC2)c(C(N)=S)c(C)n1. The number of anilines is 1. The van der Waals surface area contributed by atoms with E-state index in [1.54, 1.807) is 0 Å². The lowest BCUT2D eigenvalue weighted by molar-refractivity contribution is 0.754. The van der Waals surface area contributed by atoms with Gasteiger partial charge in [-0.2, -0.15) is 0 Å². The Kier molecular flexibility index (Phi) is 3.62. The summed E-state index contributed by atoms with van der Waals surface area (Å²) in [6, 6.07) is 2.60. The van der Waals surface area contributed by atoms with E-state index in [0.29, 0.717) is 11.0 Å². The van der Waals surface area contributed by atoms with E-state index >= 15 is 0 Å². The first-order valence-corrected chi connectivity index (χ1v) is 6.53. The van der Waals surface area contributed by atoms with Gasteiger partial charge in [0.1, 0.15) is 4.99 Å². The van der Waals surface area contributed by atoms with Gasteiger partial charge in [0, 0.05) is 23.1 Å². The molecule has 0 aliphatic heterocycles. The van der Waals surface area contributed by atoms with Crippen molar-refractivity contribution >= 4 is 22.9 Å². The van der Waals surface area contributed by atoms with Crippen molar-refractivity contribution in [2.75, 3.05) is 5.32 Å². The zero-order valence-electron chi connectivity index (χ0n) is 10.4. The maximum Gasteiger partial charge on any atom is 0.107 e. The van der Waals surface area contributed by atoms with E-state index in [4.69, 9.17) is 18.0 Å². The van der Waals surface area contributed by atoms with Gasteiger partial charge in [-0.3, -0.25) is 4.98 Å². The van der Waals surface area contributed by atoms with Crippen LogP contribution in [0.15, 0.2) is 6.07 Å². The molecule has 1 aromatic rings. The highest BCUT2D eigenvalue weighted by molar-refractivity contribution is 7.80. The fraction of sp³-hybridized carbons (Fsp3) is 0.538. The van der Waals surface area contributed by atoms with Gasteiger partial charge < -0.3 is 11.1 Å². The van der Waals surface area contributed by atoms with E-state index in [2.05, 4.69) is 10.3 Å². The quantitative estimate of drug-likeness (QED) is 0.809. The molecule has 1 aliphatic rings. The molecule has 0 radical (unpaired) electrons. The van der Waals surface area contributed by atoms with Crippen LogP contribution in [0.4, 0.5) is 5.69 Å². The molecule has 2 rings (SSSR count). The molecule has 0 bridgehead atoms. The minimum absolute atomic E-state index is 0.426. The van der Waals surface area contributed by atoms with Crippen molar-refractivity contribution in [2.45, 2.75) is 45.6 Å². The number of thiocarbonyl (C=S) groups is 1. The van der Waals surface area contributed by atoms with Gasteiger partial charge in [0.25, 0.3) is 0 Å². The number of hydrogen-bond donors (Lipinski definition) is 2. The monoisotopic (exact) mass is 249 g/mol. The number of aromatic nitrogens is 1. The Morgan fingerprint density at radius 3 is 2.65 bits per heavy atom. The highest BCUT2D eigenvalue weighted by Crippen LogP contribution is 2.26. The topological polar surface area (TPSA) is 50.9 Å². The molecule has 92 valence electrons. The van der Waals surface area contributed by atoms with Crippen LogP contribution in [-0.2, 0) is 0 Å². The van der Waals surface area contributed by atoms with Gasteiger partial charge in [-0.05, 0) is 32.8 Å². The molecule has 1 aromatic heterocycles. The molecule has 4 heteroatoms. The summed E-state index contributed by atoms with van der Waals surface area (Å²) in [7, 11) is 0. The average molecular weight is 249 g/mol. The third-order valence-electron chi connectivity index (χ3n) is 3.29. The Morgan fingerprint density at radius 2 is 2.06 bits per heavy atom. The second-order valence-corrected chi connectivity index (χ2v) is 5.20. The van der Waals surface area contributed by atoms with E-state index in [0.717, 1.165) is 22.6 Å². The summed E-state index contributed by atoms with van der Waals surface area (Å²) in [5.41, 5.74) is 9.66. The molecule has 1 fully saturated rings. The Hall–Kier alpha value is -1.16. The molecule has 0 unspecified atom stereocenters. The van der Waals surface area contributed by atoms with Gasteiger partial charge in [0.05, 0.1) is 5.56 Å². The summed E-state index contributed by atoms with van der Waals surface area (Å²) in [6.07, 6.45) is 5.08. The van der Waals surface area contributed by atoms with Crippen LogP contribution in [0.1, 0.15) is 42.6 Å². The van der Waals surface area contributed by atoms with Gasteiger partial charge in [0.15, 0.2) is 0 Å². The van der Waals surface area contributed by atoms with Crippen molar-refractivity contribution in [3.63, 3.8) is 0 Å². The molecule has 3 nitrogen and oxygen atoms in total. The van der Waals surface area contributed by atoms with E-state index in [1.165, 1.54) is 25.7 Å². The maximum atomic E-state index is 5.79. The van der Waals surface area contributed by atoms with E-state index < -0.39 is 0 Å². The van der Waals surface area contributed by atoms with Crippen LogP contribution in [0.5, 0.6) is 0 Å². The molecule has 0 atom stereocenters. The first-order chi connectivity index (χ1) is 8.08. The lowest BCUT2D eigenvalue weighted by atomic mass is 10.1. The molecule has 0 aromatic carbocycles. The summed E-state index contributed by atoms with van der Waals surface area (Å²) < 4.78 is 0. The number of pyridine rings is 1. The van der Waals surface area contributed by atoms with E-state index in [1.807, 2.05) is 19.9 Å². The van der Waals surface area contributed by atoms with Crippen molar-refractivity contribution < 1.29 is 0 Å². The lowest BCUT2D eigenvalue weighted by Gasteiger charge is -2.18. The van der Waals surface area contributed by atoms with Gasteiger partial charge in [-0.25, -0.2) is 0 Å². The van der Waals surface area contributed by atoms with Crippen molar-refractivity contribution in [3.8, 4) is 0 Å². The fourth-order valence-corrected chi connectivity index (χ4v) is 2.80. The Morgan fingerprint density at radius 1 is 1.41 bits per heavy atom. The minimum atomic E-state index is 0.426. The molecule has 0 amide bonds. The highest BCUT2D eigenvalue weighted by Gasteiger charge is 2.18. The molecule has 3 N–H and O–H groups in total. The van der Waals surface area contributed by atoms with Gasteiger partial charge >= 0.3 is 0 Å². The molecular formula is C13H19N3S. The summed E-state index contributed by atoms with van der Waals surface area (Å²) in [5, 5.41) is 3.56. The number of aryl methyl sites for hydroxylation is 2. The van der Waals surface area contributed by atoms with Crippen molar-refractivity contribution in [1.29, 1.82) is 0 Å². The number of hydrogen-bond acceptors (Lipinski definition) is 3. The molecule has 1 saturated carbocycles. The number of nitrogens with two attached hydrogens (primary N) is 1. The smallest absolute Gasteiger partial charge is 0.107 e. The second-order valence-electron chi connectivity index (χ2n) is 4.76. The third kappa shape index (κ3) is 2.75. The predicted molar refractivity (Wildman–Crippen MR) is 75.5 cm³/mol. The normalized spacial score (nSPS) is 16.1. The average Bonchev–Trinajstić information content (AvgIpc) is 2.68. The van der Waals surface area contributed by atoms with Crippen LogP contribution in [-0.4, -0.2) is 16.0 Å². The van der Waals surface area contributed by atoms with Crippen LogP contribution >= 0.6 is 12.2 Å². The first kappa shape index (κ1) is 12.3. The first-order valence-electron chi connectivity index (χ1n) is 6.12. The number of nitrogens with one attached hydrogen (secondary N) is 1. The lowest BCUT2D eigenvalue weighted by Crippen LogP contribution is -2.21. The summed E-state index contributed by atoms with van der Waals surface area (Å²) >= 11 is 5.12. The van der Waals surface area contributed by atoms with E-state index in [9.17, 15) is 0 Å². The molecule has 17 heavy (non-hydrogen) atoms. The highest BCUT2D eigenvalue weighted by atomic mass is 32.1. The van der Waals surface area contributed by atoms with Crippen LogP contribution in [0.2, 0.25) is 0 Å². The van der Waals surface area contributed by atoms with Crippen LogP contribution in [0, 0.1) is 13.8 Å². The van der Waals surface area contributed by atoms with Crippen LogP contribution < -0.4 is 11.1 Å². The predicted octanol–water partition coefficient (Wildman–Crippen LogP) is 2.69. The minimum Gasteiger partial charge on any atom is -0.389 e. The molecule has 1 aliphatic carbocycles. The third-order valence-corrected chi connectivity index (χ3v) is 3.49. The second kappa shape index (κ2) is 5.00. The fourth-order valence-electron chi connectivity index (χ4n) is 2.54. The summed E-state index contributed by atoms with van der Waals surface area (Å²) in [6.45, 7) is 3.96. The summed E-state index contributed by atoms with van der Waals surface area (Å²) in [4.78, 5) is 4.85. The van der Waals surface area contributed by atoms with Gasteiger partial charge in [0.2, 0.25) is 0 Å². The van der Waals surface area contributed by atoms with Crippen LogP contribution in [0.3, 0.4) is 0 Å². The number of rotatable bonds is 3. The Balaban J connectivity index is 2.32. The van der Waals surface area contributed by atoms with Gasteiger partial charge in [-0.15, -0.1) is 0 Å². The molecule has 0 spiro atoms. The Bertz CT molecular complexity index is 437. The summed E-state index contributed by atoms with van der Waals surface area (Å²) in [5.74, 6) is 0. The molecule has 0 saturated heterocycles. The Labute approximate surface area is 108 Å².